The van der Waals surface area contributed by atoms with E-state index in [1.165, 1.54) is 0 Å². The van der Waals surface area contributed by atoms with Crippen LogP contribution in [0.5, 0.6) is 0 Å². The van der Waals surface area contributed by atoms with Crippen LogP contribution >= 0.6 is 23.2 Å². The number of carbonyl (C=O) groups is 2. The maximum Gasteiger partial charge on any atom is 0.410 e. The summed E-state index contributed by atoms with van der Waals surface area (Å²) in [6.07, 6.45) is 5.93. The van der Waals surface area contributed by atoms with E-state index in [0.29, 0.717) is 64.7 Å². The monoisotopic (exact) mass is 602 g/mol. The predicted molar refractivity (Wildman–Crippen MR) is 160 cm³/mol. The molecular weight excluding hydrogens is 567 g/mol. The molecule has 2 aliphatic rings. The van der Waals surface area contributed by atoms with Gasteiger partial charge in [0, 0.05) is 31.1 Å². The molecule has 0 spiro atoms. The predicted octanol–water partition coefficient (Wildman–Crippen LogP) is 5.90. The molecule has 1 saturated carbocycles. The lowest BCUT2D eigenvalue weighted by molar-refractivity contribution is -0.122. The molecule has 11 nitrogen and oxygen atoms in total. The van der Waals surface area contributed by atoms with Crippen molar-refractivity contribution in [3.8, 4) is 0 Å². The molecule has 13 heteroatoms. The number of rotatable bonds is 6. The molecular formula is C28H36Cl2N8O3. The lowest BCUT2D eigenvalue weighted by Crippen LogP contribution is -2.47. The van der Waals surface area contributed by atoms with Gasteiger partial charge in [0.15, 0.2) is 5.65 Å². The van der Waals surface area contributed by atoms with Crippen molar-refractivity contribution in [2.75, 3.05) is 23.7 Å². The van der Waals surface area contributed by atoms with Crippen molar-refractivity contribution in [1.29, 1.82) is 0 Å². The fourth-order valence-corrected chi connectivity index (χ4v) is 6.00. The van der Waals surface area contributed by atoms with Gasteiger partial charge in [0.25, 0.3) is 0 Å². The zero-order valence-corrected chi connectivity index (χ0v) is 25.0. The second-order valence-corrected chi connectivity index (χ2v) is 12.6. The van der Waals surface area contributed by atoms with E-state index < -0.39 is 5.60 Å². The van der Waals surface area contributed by atoms with Crippen LogP contribution in [0, 0.1) is 5.92 Å². The van der Waals surface area contributed by atoms with Crippen molar-refractivity contribution in [3.63, 3.8) is 0 Å². The molecule has 220 valence electrons. The first-order chi connectivity index (χ1) is 19.5. The van der Waals surface area contributed by atoms with Gasteiger partial charge >= 0.3 is 6.09 Å². The van der Waals surface area contributed by atoms with Crippen molar-refractivity contribution in [2.45, 2.75) is 77.0 Å². The number of nitrogens with zero attached hydrogens (tertiary/aromatic N) is 5. The Bertz CT molecular complexity index is 1410. The number of nitrogens with two attached hydrogens (primary N) is 1. The number of fused-ring (bicyclic) bond motifs is 1. The van der Waals surface area contributed by atoms with Crippen molar-refractivity contribution < 1.29 is 14.3 Å². The van der Waals surface area contributed by atoms with Crippen LogP contribution in [0.4, 0.5) is 22.4 Å². The van der Waals surface area contributed by atoms with Crippen LogP contribution in [0.25, 0.3) is 11.2 Å². The van der Waals surface area contributed by atoms with Crippen molar-refractivity contribution in [3.05, 3.63) is 34.4 Å². The quantitative estimate of drug-likeness (QED) is 0.316. The maximum atomic E-state index is 12.7. The van der Waals surface area contributed by atoms with Gasteiger partial charge < -0.3 is 26.0 Å². The summed E-state index contributed by atoms with van der Waals surface area (Å²) in [4.78, 5) is 40.4. The highest BCUT2D eigenvalue weighted by Crippen LogP contribution is 2.39. The van der Waals surface area contributed by atoms with Crippen LogP contribution in [0.2, 0.25) is 10.0 Å². The highest BCUT2D eigenvalue weighted by Gasteiger charge is 2.31. The average Bonchev–Trinajstić information content (AvgIpc) is 3.27. The highest BCUT2D eigenvalue weighted by atomic mass is 35.5. The third-order valence-corrected chi connectivity index (χ3v) is 8.13. The minimum atomic E-state index is -0.555. The second-order valence-electron chi connectivity index (χ2n) is 11.7. The van der Waals surface area contributed by atoms with Crippen LogP contribution in [0.15, 0.2) is 24.4 Å². The van der Waals surface area contributed by atoms with Gasteiger partial charge in [-0.1, -0.05) is 29.3 Å². The van der Waals surface area contributed by atoms with Crippen molar-refractivity contribution in [2.24, 2.45) is 11.7 Å². The highest BCUT2D eigenvalue weighted by molar-refractivity contribution is 6.39. The molecule has 2 aromatic heterocycles. The first-order valence-corrected chi connectivity index (χ1v) is 14.7. The number of amides is 2. The lowest BCUT2D eigenvalue weighted by atomic mass is 9.85. The number of benzene rings is 1. The van der Waals surface area contributed by atoms with E-state index in [0.717, 1.165) is 25.7 Å². The number of para-hydroxylation sites is 1. The van der Waals surface area contributed by atoms with Gasteiger partial charge in [-0.15, -0.1) is 0 Å². The van der Waals surface area contributed by atoms with Crippen LogP contribution in [0.1, 0.15) is 65.3 Å². The summed E-state index contributed by atoms with van der Waals surface area (Å²) >= 11 is 12.9. The Kier molecular flexibility index (Phi) is 8.47. The fourth-order valence-electron chi connectivity index (χ4n) is 5.51. The first-order valence-electron chi connectivity index (χ1n) is 14.0. The van der Waals surface area contributed by atoms with E-state index in [-0.39, 0.29) is 30.0 Å². The standard InChI is InChI=1S/C28H36Cl2N8O3/c1-28(2,3)41-27(40)37-13-5-6-17(15-37)33-25-32-14-21-24(36-25)38(18-11-9-16(10-12-18)23(31)39)26(34-21)35-22-19(29)7-4-8-20(22)30/h4,7-8,14,16-18H,5-6,9-13,15H2,1-3H3,(H2,31,39)(H,34,35)(H,32,33,36)/t16-,17?,18+. The first kappa shape index (κ1) is 29.2. The largest absolute Gasteiger partial charge is 0.444 e. The Morgan fingerprint density at radius 1 is 1.07 bits per heavy atom. The van der Waals surface area contributed by atoms with Gasteiger partial charge in [-0.05, 0) is 71.4 Å². The Labute approximate surface area is 249 Å². The molecule has 3 aromatic rings. The smallest absolute Gasteiger partial charge is 0.410 e. The molecule has 1 aliphatic heterocycles. The average molecular weight is 604 g/mol. The molecule has 2 amide bonds. The molecule has 1 unspecified atom stereocenters. The van der Waals surface area contributed by atoms with Crippen LogP contribution in [-0.2, 0) is 9.53 Å². The molecule has 3 heterocycles. The normalized spacial score (nSPS) is 21.5. The lowest BCUT2D eigenvalue weighted by Gasteiger charge is -2.34. The molecule has 5 rings (SSSR count). The number of aromatic nitrogens is 4. The summed E-state index contributed by atoms with van der Waals surface area (Å²) < 4.78 is 7.62. The van der Waals surface area contributed by atoms with Gasteiger partial charge in [0.1, 0.15) is 11.1 Å². The number of hydrogen-bond donors (Lipinski definition) is 3. The van der Waals surface area contributed by atoms with Gasteiger partial charge in [-0.3, -0.25) is 9.36 Å². The summed E-state index contributed by atoms with van der Waals surface area (Å²) in [6, 6.07) is 5.29. The van der Waals surface area contributed by atoms with E-state index in [9.17, 15) is 9.59 Å². The van der Waals surface area contributed by atoms with Gasteiger partial charge in [-0.25, -0.2) is 14.8 Å². The number of ether oxygens (including phenoxy) is 1. The molecule has 41 heavy (non-hydrogen) atoms. The Hall–Kier alpha value is -3.31. The summed E-state index contributed by atoms with van der Waals surface area (Å²) in [5.41, 5.74) is 6.85. The number of anilines is 3. The Balaban J connectivity index is 1.43. The second kappa shape index (κ2) is 11.9. The SMILES string of the molecule is CC(C)(C)OC(=O)N1CCCC(Nc2ncc3nc(Nc4c(Cl)cccc4Cl)n([C@H]4CC[C@@H](C(N)=O)CC4)c3n2)C1. The fraction of sp³-hybridized carbons (Fsp3) is 0.536. The Morgan fingerprint density at radius 2 is 1.78 bits per heavy atom. The number of nitrogens with one attached hydrogen (secondary N) is 2. The summed E-state index contributed by atoms with van der Waals surface area (Å²) in [5.74, 6) is 0.587. The summed E-state index contributed by atoms with van der Waals surface area (Å²) in [7, 11) is 0. The molecule has 1 aliphatic carbocycles. The molecule has 0 bridgehead atoms. The number of hydrogen-bond acceptors (Lipinski definition) is 8. The summed E-state index contributed by atoms with van der Waals surface area (Å²) in [5, 5.41) is 7.66. The third kappa shape index (κ3) is 6.78. The minimum Gasteiger partial charge on any atom is -0.444 e. The van der Waals surface area contributed by atoms with Crippen molar-refractivity contribution >= 4 is 64.0 Å². The van der Waals surface area contributed by atoms with E-state index >= 15 is 0 Å². The van der Waals surface area contributed by atoms with E-state index in [1.54, 1.807) is 29.3 Å². The molecule has 4 N–H and O–H groups in total. The van der Waals surface area contributed by atoms with Gasteiger partial charge in [-0.2, -0.15) is 4.98 Å². The van der Waals surface area contributed by atoms with Crippen molar-refractivity contribution in [1.82, 2.24) is 24.4 Å². The minimum absolute atomic E-state index is 0.0273. The van der Waals surface area contributed by atoms with Crippen LogP contribution in [0.3, 0.4) is 0 Å². The number of piperidine rings is 1. The number of likely N-dealkylation sites (tertiary alicyclic amines) is 1. The van der Waals surface area contributed by atoms with E-state index in [2.05, 4.69) is 15.6 Å². The van der Waals surface area contributed by atoms with E-state index in [4.69, 9.17) is 43.6 Å². The maximum absolute atomic E-state index is 12.7. The van der Waals surface area contributed by atoms with Crippen LogP contribution < -0.4 is 16.4 Å². The molecule has 1 aromatic carbocycles. The molecule has 2 fully saturated rings. The van der Waals surface area contributed by atoms with Crippen LogP contribution in [-0.4, -0.2) is 61.2 Å². The molecule has 0 radical (unpaired) electrons. The Morgan fingerprint density at radius 3 is 2.44 bits per heavy atom. The molecule has 1 atom stereocenters. The van der Waals surface area contributed by atoms with Gasteiger partial charge in [0.05, 0.1) is 21.9 Å². The summed E-state index contributed by atoms with van der Waals surface area (Å²) in [6.45, 7) is 6.72. The number of primary amides is 1. The number of imidazole rings is 1. The van der Waals surface area contributed by atoms with E-state index in [1.807, 2.05) is 25.3 Å². The number of carbonyl (C=O) groups excluding carboxylic acids is 2. The zero-order valence-electron chi connectivity index (χ0n) is 23.5. The molecule has 1 saturated heterocycles. The van der Waals surface area contributed by atoms with Gasteiger partial charge in [0.2, 0.25) is 17.8 Å². The zero-order chi connectivity index (χ0) is 29.3. The number of halogens is 2. The third-order valence-electron chi connectivity index (χ3n) is 7.50. The topological polar surface area (TPSA) is 140 Å².